The summed E-state index contributed by atoms with van der Waals surface area (Å²) in [6.45, 7) is 11.4. The van der Waals surface area contributed by atoms with Crippen LogP contribution in [0.5, 0.6) is 5.75 Å². The van der Waals surface area contributed by atoms with Crippen LogP contribution < -0.4 is 9.64 Å². The molecular formula is C17H23NO. The van der Waals surface area contributed by atoms with E-state index >= 15 is 0 Å². The zero-order valence-electron chi connectivity index (χ0n) is 12.4. The molecule has 102 valence electrons. The van der Waals surface area contributed by atoms with Gasteiger partial charge in [0.05, 0.1) is 17.9 Å². The lowest BCUT2D eigenvalue weighted by Crippen LogP contribution is -2.23. The molecule has 0 N–H and O–H groups in total. The molecule has 1 heterocycles. The highest BCUT2D eigenvalue weighted by Crippen LogP contribution is 2.34. The molecule has 0 spiro atoms. The molecule has 1 aliphatic heterocycles. The molecule has 1 aromatic carbocycles. The van der Waals surface area contributed by atoms with E-state index in [1.807, 2.05) is 0 Å². The molecule has 0 saturated carbocycles. The van der Waals surface area contributed by atoms with Gasteiger partial charge >= 0.3 is 0 Å². The van der Waals surface area contributed by atoms with Crippen molar-refractivity contribution in [2.24, 2.45) is 5.41 Å². The fraction of sp³-hybridized carbons (Fsp3) is 0.529. The highest BCUT2D eigenvalue weighted by molar-refractivity contribution is 5.66. The van der Waals surface area contributed by atoms with Gasteiger partial charge in [-0.2, -0.15) is 0 Å². The zero-order valence-corrected chi connectivity index (χ0v) is 12.4. The van der Waals surface area contributed by atoms with Crippen molar-refractivity contribution in [1.82, 2.24) is 0 Å². The van der Waals surface area contributed by atoms with E-state index in [-0.39, 0.29) is 5.41 Å². The van der Waals surface area contributed by atoms with E-state index in [9.17, 15) is 0 Å². The van der Waals surface area contributed by atoms with Crippen molar-refractivity contribution in [3.05, 3.63) is 23.8 Å². The summed E-state index contributed by atoms with van der Waals surface area (Å²) in [7, 11) is 0. The van der Waals surface area contributed by atoms with Crippen molar-refractivity contribution in [1.29, 1.82) is 0 Å². The van der Waals surface area contributed by atoms with Gasteiger partial charge in [-0.05, 0) is 46.2 Å². The summed E-state index contributed by atoms with van der Waals surface area (Å²) >= 11 is 0. The molecule has 0 unspecified atom stereocenters. The zero-order chi connectivity index (χ0) is 13.9. The largest absolute Gasteiger partial charge is 0.490 e. The van der Waals surface area contributed by atoms with E-state index in [1.165, 1.54) is 5.69 Å². The van der Waals surface area contributed by atoms with E-state index in [4.69, 9.17) is 4.74 Å². The Morgan fingerprint density at radius 1 is 1.32 bits per heavy atom. The van der Waals surface area contributed by atoms with Gasteiger partial charge < -0.3 is 9.64 Å². The SMILES string of the molecule is CCN1CCCOc2c(C#CC(C)(C)C)cccc21. The van der Waals surface area contributed by atoms with Crippen molar-refractivity contribution in [3.8, 4) is 17.6 Å². The minimum absolute atomic E-state index is 0.0118. The number of benzene rings is 1. The average molecular weight is 257 g/mol. The van der Waals surface area contributed by atoms with Crippen LogP contribution >= 0.6 is 0 Å². The Morgan fingerprint density at radius 3 is 2.79 bits per heavy atom. The second kappa shape index (κ2) is 5.57. The fourth-order valence-electron chi connectivity index (χ4n) is 2.16. The number of fused-ring (bicyclic) bond motifs is 1. The first-order valence-corrected chi connectivity index (χ1v) is 7.05. The number of rotatable bonds is 1. The minimum Gasteiger partial charge on any atom is -0.490 e. The predicted octanol–water partition coefficient (Wildman–Crippen LogP) is 3.69. The smallest absolute Gasteiger partial charge is 0.158 e. The normalized spacial score (nSPS) is 14.8. The summed E-state index contributed by atoms with van der Waals surface area (Å²) < 4.78 is 5.93. The van der Waals surface area contributed by atoms with Gasteiger partial charge in [0, 0.05) is 18.5 Å². The molecule has 19 heavy (non-hydrogen) atoms. The van der Waals surface area contributed by atoms with Crippen LogP contribution in [0, 0.1) is 17.3 Å². The first-order chi connectivity index (χ1) is 9.01. The summed E-state index contributed by atoms with van der Waals surface area (Å²) in [6.07, 6.45) is 1.06. The maximum absolute atomic E-state index is 5.93. The molecule has 0 saturated heterocycles. The van der Waals surface area contributed by atoms with E-state index in [0.29, 0.717) is 0 Å². The summed E-state index contributed by atoms with van der Waals surface area (Å²) in [5.41, 5.74) is 2.20. The minimum atomic E-state index is 0.0118. The van der Waals surface area contributed by atoms with Crippen LogP contribution in [0.1, 0.15) is 39.7 Å². The molecule has 2 nitrogen and oxygen atoms in total. The molecule has 1 aromatic rings. The summed E-state index contributed by atoms with van der Waals surface area (Å²) in [5.74, 6) is 7.53. The van der Waals surface area contributed by atoms with Crippen molar-refractivity contribution >= 4 is 5.69 Å². The van der Waals surface area contributed by atoms with Gasteiger partial charge in [-0.3, -0.25) is 0 Å². The van der Waals surface area contributed by atoms with Crippen molar-refractivity contribution < 1.29 is 4.74 Å². The molecular weight excluding hydrogens is 234 g/mol. The maximum atomic E-state index is 5.93. The molecule has 0 atom stereocenters. The Labute approximate surface area is 116 Å². The van der Waals surface area contributed by atoms with Gasteiger partial charge in [0.1, 0.15) is 0 Å². The van der Waals surface area contributed by atoms with Crippen LogP contribution in [0.25, 0.3) is 0 Å². The number of para-hydroxylation sites is 1. The molecule has 2 rings (SSSR count). The maximum Gasteiger partial charge on any atom is 0.158 e. The third-order valence-corrected chi connectivity index (χ3v) is 3.11. The number of anilines is 1. The van der Waals surface area contributed by atoms with Gasteiger partial charge in [-0.25, -0.2) is 0 Å². The monoisotopic (exact) mass is 257 g/mol. The van der Waals surface area contributed by atoms with Crippen LogP contribution in [0.4, 0.5) is 5.69 Å². The first-order valence-electron chi connectivity index (χ1n) is 7.05. The van der Waals surface area contributed by atoms with Gasteiger partial charge in [0.2, 0.25) is 0 Å². The van der Waals surface area contributed by atoms with Crippen LogP contribution in [0.3, 0.4) is 0 Å². The lowest BCUT2D eigenvalue weighted by Gasteiger charge is -2.22. The Kier molecular flexibility index (Phi) is 4.04. The molecule has 0 aromatic heterocycles. The predicted molar refractivity (Wildman–Crippen MR) is 80.8 cm³/mol. The molecule has 0 bridgehead atoms. The second-order valence-corrected chi connectivity index (χ2v) is 5.94. The second-order valence-electron chi connectivity index (χ2n) is 5.94. The van der Waals surface area contributed by atoms with Crippen molar-refractivity contribution in [3.63, 3.8) is 0 Å². The number of ether oxygens (including phenoxy) is 1. The number of hydrogen-bond acceptors (Lipinski definition) is 2. The van der Waals surface area contributed by atoms with Gasteiger partial charge in [-0.15, -0.1) is 0 Å². The van der Waals surface area contributed by atoms with Crippen LogP contribution in [-0.4, -0.2) is 19.7 Å². The van der Waals surface area contributed by atoms with Crippen LogP contribution in [0.2, 0.25) is 0 Å². The highest BCUT2D eigenvalue weighted by atomic mass is 16.5. The Bertz CT molecular complexity index is 502. The van der Waals surface area contributed by atoms with E-state index < -0.39 is 0 Å². The highest BCUT2D eigenvalue weighted by Gasteiger charge is 2.17. The third kappa shape index (κ3) is 3.44. The van der Waals surface area contributed by atoms with Gasteiger partial charge in [0.15, 0.2) is 5.75 Å². The first kappa shape index (κ1) is 13.8. The Hall–Kier alpha value is -1.62. The number of nitrogens with zero attached hydrogens (tertiary/aromatic N) is 1. The fourth-order valence-corrected chi connectivity index (χ4v) is 2.16. The van der Waals surface area contributed by atoms with Crippen LogP contribution in [0.15, 0.2) is 18.2 Å². The third-order valence-electron chi connectivity index (χ3n) is 3.11. The molecule has 2 heteroatoms. The summed E-state index contributed by atoms with van der Waals surface area (Å²) in [4.78, 5) is 2.37. The van der Waals surface area contributed by atoms with E-state index in [0.717, 1.165) is 37.4 Å². The topological polar surface area (TPSA) is 12.5 Å². The molecule has 1 aliphatic rings. The van der Waals surface area contributed by atoms with E-state index in [1.54, 1.807) is 0 Å². The lowest BCUT2D eigenvalue weighted by molar-refractivity contribution is 0.321. The van der Waals surface area contributed by atoms with E-state index in [2.05, 4.69) is 62.6 Å². The quantitative estimate of drug-likeness (QED) is 0.711. The average Bonchev–Trinajstić information content (AvgIpc) is 2.57. The van der Waals surface area contributed by atoms with Gasteiger partial charge in [0.25, 0.3) is 0 Å². The lowest BCUT2D eigenvalue weighted by atomic mass is 9.97. The molecule has 0 aliphatic carbocycles. The molecule has 0 fully saturated rings. The van der Waals surface area contributed by atoms with Crippen LogP contribution in [-0.2, 0) is 0 Å². The van der Waals surface area contributed by atoms with Gasteiger partial charge in [-0.1, -0.05) is 17.9 Å². The van der Waals surface area contributed by atoms with Crippen molar-refractivity contribution in [2.45, 2.75) is 34.1 Å². The summed E-state index contributed by atoms with van der Waals surface area (Å²) in [5, 5.41) is 0. The standard InChI is InChI=1S/C17H23NO/c1-5-18-12-7-13-19-16-14(8-6-9-15(16)18)10-11-17(2,3)4/h6,8-9H,5,7,12-13H2,1-4H3. The summed E-state index contributed by atoms with van der Waals surface area (Å²) in [6, 6.07) is 6.26. The molecule has 0 radical (unpaired) electrons. The number of hydrogen-bond donors (Lipinski definition) is 0. The van der Waals surface area contributed by atoms with Crippen molar-refractivity contribution in [2.75, 3.05) is 24.6 Å². The Morgan fingerprint density at radius 2 is 2.11 bits per heavy atom. The Balaban J connectivity index is 2.44. The molecule has 0 amide bonds.